The number of rotatable bonds is 6. The number of amides is 1. The molecular formula is C17H15N5O3S. The van der Waals surface area contributed by atoms with E-state index >= 15 is 0 Å². The van der Waals surface area contributed by atoms with Crippen molar-refractivity contribution in [1.29, 1.82) is 0 Å². The summed E-state index contributed by atoms with van der Waals surface area (Å²) in [5, 5.41) is 22.3. The molecule has 0 aliphatic heterocycles. The Morgan fingerprint density at radius 1 is 1.27 bits per heavy atom. The van der Waals surface area contributed by atoms with E-state index in [0.717, 1.165) is 17.3 Å². The molecule has 1 N–H and O–H groups in total. The van der Waals surface area contributed by atoms with E-state index in [-0.39, 0.29) is 17.2 Å². The molecule has 132 valence electrons. The molecule has 0 fully saturated rings. The summed E-state index contributed by atoms with van der Waals surface area (Å²) in [6.45, 7) is 0.350. The van der Waals surface area contributed by atoms with Gasteiger partial charge in [0.05, 0.1) is 9.82 Å². The van der Waals surface area contributed by atoms with Crippen LogP contribution in [0, 0.1) is 10.1 Å². The first-order valence-electron chi connectivity index (χ1n) is 7.67. The number of aromatic nitrogens is 3. The van der Waals surface area contributed by atoms with Crippen LogP contribution in [0.5, 0.6) is 0 Å². The lowest BCUT2D eigenvalue weighted by molar-refractivity contribution is -0.387. The molecule has 9 heteroatoms. The Hall–Kier alpha value is -3.20. The Bertz CT molecular complexity index is 943. The fourth-order valence-corrected chi connectivity index (χ4v) is 3.08. The van der Waals surface area contributed by atoms with Crippen molar-refractivity contribution in [3.05, 3.63) is 76.1 Å². The van der Waals surface area contributed by atoms with Crippen LogP contribution in [0.15, 0.2) is 64.9 Å². The van der Waals surface area contributed by atoms with E-state index in [1.54, 1.807) is 23.7 Å². The van der Waals surface area contributed by atoms with Crippen molar-refractivity contribution in [1.82, 2.24) is 20.1 Å². The van der Waals surface area contributed by atoms with Crippen LogP contribution in [0.1, 0.15) is 15.9 Å². The predicted octanol–water partition coefficient (Wildman–Crippen LogP) is 2.80. The maximum Gasteiger partial charge on any atom is 0.284 e. The third kappa shape index (κ3) is 4.06. The molecule has 0 saturated carbocycles. The van der Waals surface area contributed by atoms with Crippen molar-refractivity contribution in [2.24, 2.45) is 7.05 Å². The quantitative estimate of drug-likeness (QED) is 0.529. The summed E-state index contributed by atoms with van der Waals surface area (Å²) in [6.07, 6.45) is 1.51. The number of hydrogen-bond donors (Lipinski definition) is 1. The van der Waals surface area contributed by atoms with Gasteiger partial charge in [-0.05, 0) is 29.5 Å². The van der Waals surface area contributed by atoms with Crippen LogP contribution < -0.4 is 5.32 Å². The summed E-state index contributed by atoms with van der Waals surface area (Å²) < 4.78 is 1.66. The number of nitrogens with zero attached hydrogens (tertiary/aromatic N) is 4. The molecule has 0 aliphatic rings. The van der Waals surface area contributed by atoms with Crippen LogP contribution in [0.4, 0.5) is 5.69 Å². The van der Waals surface area contributed by atoms with E-state index in [0.29, 0.717) is 16.6 Å². The largest absolute Gasteiger partial charge is 0.348 e. The van der Waals surface area contributed by atoms with Crippen LogP contribution in [-0.4, -0.2) is 25.6 Å². The molecule has 0 unspecified atom stereocenters. The topological polar surface area (TPSA) is 103 Å². The van der Waals surface area contributed by atoms with Crippen molar-refractivity contribution in [3.8, 4) is 0 Å². The van der Waals surface area contributed by atoms with Crippen LogP contribution in [0.2, 0.25) is 0 Å². The van der Waals surface area contributed by atoms with Gasteiger partial charge < -0.3 is 9.88 Å². The lowest BCUT2D eigenvalue weighted by Gasteiger charge is -2.07. The number of nitro benzene ring substituents is 1. The van der Waals surface area contributed by atoms with Crippen molar-refractivity contribution < 1.29 is 9.72 Å². The minimum absolute atomic E-state index is 0.148. The number of hydrogen-bond acceptors (Lipinski definition) is 6. The molecule has 1 aromatic heterocycles. The number of carbonyl (C=O) groups excluding carboxylic acids is 1. The van der Waals surface area contributed by atoms with E-state index in [1.807, 2.05) is 30.3 Å². The van der Waals surface area contributed by atoms with Gasteiger partial charge in [-0.3, -0.25) is 14.9 Å². The highest BCUT2D eigenvalue weighted by Crippen LogP contribution is 2.34. The molecule has 0 atom stereocenters. The Balaban J connectivity index is 1.78. The minimum Gasteiger partial charge on any atom is -0.348 e. The summed E-state index contributed by atoms with van der Waals surface area (Å²) in [5.74, 6) is -0.368. The molecule has 0 saturated heterocycles. The second-order valence-electron chi connectivity index (χ2n) is 5.43. The molecule has 3 rings (SSSR count). The smallest absolute Gasteiger partial charge is 0.284 e. The molecule has 0 aliphatic carbocycles. The second kappa shape index (κ2) is 7.79. The monoisotopic (exact) mass is 369 g/mol. The molecular weight excluding hydrogens is 354 g/mol. The lowest BCUT2D eigenvalue weighted by atomic mass is 10.1. The number of aryl methyl sites for hydroxylation is 1. The maximum absolute atomic E-state index is 12.3. The lowest BCUT2D eigenvalue weighted by Crippen LogP contribution is -2.22. The van der Waals surface area contributed by atoms with E-state index < -0.39 is 4.92 Å². The molecule has 2 aromatic carbocycles. The molecule has 3 aromatic rings. The van der Waals surface area contributed by atoms with Gasteiger partial charge in [-0.15, -0.1) is 10.2 Å². The fourth-order valence-electron chi connectivity index (χ4n) is 2.23. The molecule has 0 bridgehead atoms. The maximum atomic E-state index is 12.3. The van der Waals surface area contributed by atoms with E-state index in [9.17, 15) is 14.9 Å². The molecule has 1 amide bonds. The van der Waals surface area contributed by atoms with Gasteiger partial charge in [-0.1, -0.05) is 30.3 Å². The Morgan fingerprint density at radius 2 is 2.04 bits per heavy atom. The zero-order valence-electron chi connectivity index (χ0n) is 13.8. The molecule has 0 radical (unpaired) electrons. The third-order valence-electron chi connectivity index (χ3n) is 3.58. The fraction of sp³-hybridized carbons (Fsp3) is 0.118. The number of carbonyl (C=O) groups is 1. The van der Waals surface area contributed by atoms with Crippen LogP contribution in [0.25, 0.3) is 0 Å². The van der Waals surface area contributed by atoms with Crippen molar-refractivity contribution in [2.75, 3.05) is 0 Å². The molecule has 8 nitrogen and oxygen atoms in total. The summed E-state index contributed by atoms with van der Waals surface area (Å²) in [6, 6.07) is 13.8. The van der Waals surface area contributed by atoms with Crippen LogP contribution >= 0.6 is 11.8 Å². The van der Waals surface area contributed by atoms with Gasteiger partial charge in [0.2, 0.25) is 0 Å². The highest BCUT2D eigenvalue weighted by Gasteiger charge is 2.20. The van der Waals surface area contributed by atoms with E-state index in [1.165, 1.54) is 12.4 Å². The normalized spacial score (nSPS) is 10.5. The average molecular weight is 369 g/mol. The van der Waals surface area contributed by atoms with Gasteiger partial charge in [0.1, 0.15) is 6.33 Å². The van der Waals surface area contributed by atoms with E-state index in [2.05, 4.69) is 15.5 Å². The first-order valence-corrected chi connectivity index (χ1v) is 8.48. The zero-order valence-corrected chi connectivity index (χ0v) is 14.6. The van der Waals surface area contributed by atoms with Crippen LogP contribution in [-0.2, 0) is 13.6 Å². The molecule has 0 spiro atoms. The highest BCUT2D eigenvalue weighted by atomic mass is 32.2. The van der Waals surface area contributed by atoms with Gasteiger partial charge in [-0.2, -0.15) is 0 Å². The standard InChI is InChI=1S/C17H15N5O3S/c1-21-11-19-20-17(21)26-15-8-7-13(9-14(15)22(24)25)16(23)18-10-12-5-3-2-4-6-12/h2-9,11H,10H2,1H3,(H,18,23). The molecule has 1 heterocycles. The zero-order chi connectivity index (χ0) is 18.5. The van der Waals surface area contributed by atoms with Gasteiger partial charge in [-0.25, -0.2) is 0 Å². The number of nitro groups is 1. The summed E-state index contributed by atoms with van der Waals surface area (Å²) >= 11 is 1.12. The molecule has 26 heavy (non-hydrogen) atoms. The average Bonchev–Trinajstić information content (AvgIpc) is 3.05. The Kier molecular flexibility index (Phi) is 5.28. The van der Waals surface area contributed by atoms with Crippen molar-refractivity contribution >= 4 is 23.4 Å². The van der Waals surface area contributed by atoms with Gasteiger partial charge in [0, 0.05) is 25.2 Å². The first kappa shape index (κ1) is 17.6. The summed E-state index contributed by atoms with van der Waals surface area (Å²) in [4.78, 5) is 23.6. The Morgan fingerprint density at radius 3 is 2.69 bits per heavy atom. The second-order valence-corrected chi connectivity index (χ2v) is 6.44. The number of nitrogens with one attached hydrogen (secondary N) is 1. The van der Waals surface area contributed by atoms with Gasteiger partial charge >= 0.3 is 0 Å². The minimum atomic E-state index is -0.507. The highest BCUT2D eigenvalue weighted by molar-refractivity contribution is 7.99. The SMILES string of the molecule is Cn1cnnc1Sc1ccc(C(=O)NCc2ccccc2)cc1[N+](=O)[O-]. The first-order chi connectivity index (χ1) is 12.5. The summed E-state index contributed by atoms with van der Waals surface area (Å²) in [5.41, 5.74) is 1.03. The van der Waals surface area contributed by atoms with Crippen molar-refractivity contribution in [3.63, 3.8) is 0 Å². The third-order valence-corrected chi connectivity index (χ3v) is 4.70. The van der Waals surface area contributed by atoms with Gasteiger partial charge in [0.25, 0.3) is 11.6 Å². The van der Waals surface area contributed by atoms with Gasteiger partial charge in [0.15, 0.2) is 5.16 Å². The van der Waals surface area contributed by atoms with Crippen LogP contribution in [0.3, 0.4) is 0 Å². The van der Waals surface area contributed by atoms with Crippen molar-refractivity contribution in [2.45, 2.75) is 16.6 Å². The Labute approximate surface area is 153 Å². The number of benzene rings is 2. The van der Waals surface area contributed by atoms with E-state index in [4.69, 9.17) is 0 Å². The predicted molar refractivity (Wildman–Crippen MR) is 95.8 cm³/mol. The summed E-state index contributed by atoms with van der Waals surface area (Å²) in [7, 11) is 1.75.